The van der Waals surface area contributed by atoms with E-state index in [9.17, 15) is 0 Å². The molecule has 11 heteroatoms. The molecule has 0 N–H and O–H groups in total. The molecule has 7 aromatic heterocycles. The molecule has 1 unspecified atom stereocenters. The van der Waals surface area contributed by atoms with Gasteiger partial charge < -0.3 is 4.57 Å². The third-order valence-electron chi connectivity index (χ3n) is 18.3. The van der Waals surface area contributed by atoms with Crippen LogP contribution < -0.4 is 0 Å². The zero-order valence-electron chi connectivity index (χ0n) is 55.9. The van der Waals surface area contributed by atoms with Crippen LogP contribution in [0.15, 0.2) is 334 Å². The van der Waals surface area contributed by atoms with E-state index in [0.29, 0.717) is 17.6 Å². The van der Waals surface area contributed by atoms with E-state index in [-0.39, 0.29) is 0 Å². The van der Waals surface area contributed by atoms with Gasteiger partial charge in [-0.1, -0.05) is 280 Å². The Morgan fingerprint density at radius 2 is 0.584 bits per heavy atom. The summed E-state index contributed by atoms with van der Waals surface area (Å²) >= 11 is 0. The Morgan fingerprint density at radius 3 is 0.980 bits per heavy atom. The normalized spacial score (nSPS) is 11.2. The van der Waals surface area contributed by atoms with E-state index in [0.717, 1.165) is 105 Å². The van der Waals surface area contributed by atoms with Crippen molar-refractivity contribution in [3.63, 3.8) is 0 Å². The molecule has 12 aromatic carbocycles. The second-order valence-electron chi connectivity index (χ2n) is 24.8. The van der Waals surface area contributed by atoms with Gasteiger partial charge >= 0.3 is 0 Å². The molecule has 19 aromatic rings. The molecule has 479 valence electrons. The molecule has 1 radical (unpaired) electrons. The van der Waals surface area contributed by atoms with Crippen molar-refractivity contribution in [2.45, 2.75) is 20.7 Å². The minimum absolute atomic E-state index is 0.585. The summed E-state index contributed by atoms with van der Waals surface area (Å²) < 4.78 is 4.60. The molecule has 0 bridgehead atoms. The van der Waals surface area contributed by atoms with E-state index in [1.807, 2.05) is 111 Å². The third-order valence-corrected chi connectivity index (χ3v) is 18.3. The Kier molecular flexibility index (Phi) is 17.6. The molecule has 0 fully saturated rings. The molecule has 1 atom stereocenters. The van der Waals surface area contributed by atoms with Gasteiger partial charge in [0.05, 0.1) is 44.1 Å². The zero-order valence-corrected chi connectivity index (χ0v) is 57.1. The standard InChI is InChI=1S/C39H25N5.C26H20N2.C24H16N2.CH5BP/c1-4-14-26(15-5-1)37-40-38(27-16-6-2-7-17-27)42-39(41-37)44-34-23-13-11-21-30(34)32-25-24-31-29-20-10-12-22-33(29)43(35(31)36(32)44)28-18-8-3-9-19-28;1-17-15-23(19-9-5-3-6-10-19)21-13-14-22-24(20-11-7-4-8-12-20)16-18(2)28-26(22)25(21)27-17;1-3-7-17(8-4-1)19-13-15-25-23-21(19)11-12-22-20(14-16-26-24(22)23)18-9-5-2-6-10-18;1-2-3/h1-25H;3-16H,1-2H3;1-16H;3H2,1H3. The number of benzene rings is 12. The van der Waals surface area contributed by atoms with Gasteiger partial charge in [0.15, 0.2) is 11.6 Å². The van der Waals surface area contributed by atoms with Gasteiger partial charge in [-0.05, 0) is 107 Å². The highest BCUT2D eigenvalue weighted by Crippen LogP contribution is 2.43. The molecule has 19 rings (SSSR count). The van der Waals surface area contributed by atoms with E-state index in [1.54, 1.807) is 0 Å². The summed E-state index contributed by atoms with van der Waals surface area (Å²) in [5.74, 6) is 1.86. The fourth-order valence-electron chi connectivity index (χ4n) is 14.0. The fourth-order valence-corrected chi connectivity index (χ4v) is 14.0. The van der Waals surface area contributed by atoms with Crippen molar-refractivity contribution in [1.29, 1.82) is 0 Å². The Bertz CT molecular complexity index is 5940. The summed E-state index contributed by atoms with van der Waals surface area (Å²) in [4.78, 5) is 34.4. The number of aryl methyl sites for hydroxylation is 2. The van der Waals surface area contributed by atoms with E-state index in [2.05, 4.69) is 279 Å². The highest BCUT2D eigenvalue weighted by molar-refractivity contribution is 7.55. The van der Waals surface area contributed by atoms with Crippen LogP contribution in [0.1, 0.15) is 11.4 Å². The smallest absolute Gasteiger partial charge is 0.238 e. The van der Waals surface area contributed by atoms with E-state index >= 15 is 0 Å². The van der Waals surface area contributed by atoms with Crippen LogP contribution in [0.5, 0.6) is 0 Å². The van der Waals surface area contributed by atoms with Crippen molar-refractivity contribution in [2.75, 3.05) is 0 Å². The van der Waals surface area contributed by atoms with Crippen LogP contribution in [0.2, 0.25) is 6.82 Å². The van der Waals surface area contributed by atoms with Gasteiger partial charge in [-0.2, -0.15) is 19.1 Å². The molecule has 9 nitrogen and oxygen atoms in total. The zero-order chi connectivity index (χ0) is 68.2. The maximum absolute atomic E-state index is 5.17. The van der Waals surface area contributed by atoms with Crippen LogP contribution in [0.3, 0.4) is 0 Å². The van der Waals surface area contributed by atoms with Gasteiger partial charge in [-0.3, -0.25) is 24.5 Å². The van der Waals surface area contributed by atoms with Crippen molar-refractivity contribution in [1.82, 2.24) is 44.0 Å². The molecule has 0 saturated heterocycles. The minimum Gasteiger partial charge on any atom is -0.307 e. The van der Waals surface area contributed by atoms with Crippen LogP contribution in [0.25, 0.3) is 166 Å². The summed E-state index contributed by atoms with van der Waals surface area (Å²) in [6, 6.07) is 112. The fraction of sp³-hybridized carbons (Fsp3) is 0.0333. The molecule has 0 aliphatic carbocycles. The quantitative estimate of drug-likeness (QED) is 0.0849. The van der Waals surface area contributed by atoms with E-state index in [4.69, 9.17) is 24.9 Å². The average molecular weight is 1320 g/mol. The van der Waals surface area contributed by atoms with Crippen molar-refractivity contribution in [3.8, 4) is 78.9 Å². The van der Waals surface area contributed by atoms with E-state index in [1.165, 1.54) is 55.3 Å². The summed E-state index contributed by atoms with van der Waals surface area (Å²) in [5, 5.41) is 9.22. The first-order valence-corrected chi connectivity index (χ1v) is 34.5. The van der Waals surface area contributed by atoms with Crippen LogP contribution in [-0.4, -0.2) is 51.0 Å². The number of hydrogen-bond donors (Lipinski definition) is 0. The Hall–Kier alpha value is -12.6. The predicted molar refractivity (Wildman–Crippen MR) is 426 cm³/mol. The lowest BCUT2D eigenvalue weighted by Gasteiger charge is -2.13. The third kappa shape index (κ3) is 12.2. The Morgan fingerprint density at radius 1 is 0.277 bits per heavy atom. The summed E-state index contributed by atoms with van der Waals surface area (Å²) in [7, 11) is 2.45. The predicted octanol–water partition coefficient (Wildman–Crippen LogP) is 22.8. The number of aromatic nitrogens is 9. The average Bonchev–Trinajstić information content (AvgIpc) is 1.55. The number of rotatable bonds is 8. The maximum atomic E-state index is 5.17. The lowest BCUT2D eigenvalue weighted by Crippen LogP contribution is -2.07. The van der Waals surface area contributed by atoms with Crippen LogP contribution >= 0.6 is 9.12 Å². The Balaban J connectivity index is 0.000000121. The number of para-hydroxylation sites is 3. The number of fused-ring (bicyclic) bond motifs is 13. The SMILES string of the molecule is C[B]P.Cc1cc(-c2ccccc2)c2ccc3c(-c4ccccc4)cc(C)nc3c2n1.c1ccc(-c2ccnc3c2ccc2c(-c4ccccc4)ccnc23)cc1.c1ccc(-c2nc(-c3ccccc3)nc(-n3c4ccccc4c4ccc5c6ccccc6n(-c6ccccc6)c5c43)n2)cc1. The summed E-state index contributed by atoms with van der Waals surface area (Å²) in [6.07, 6.45) is 3.75. The Labute approximate surface area is 588 Å². The van der Waals surface area contributed by atoms with Gasteiger partial charge in [0.25, 0.3) is 0 Å². The first-order valence-electron chi connectivity index (χ1n) is 33.9. The monoisotopic (exact) mass is 1310 g/mol. The van der Waals surface area contributed by atoms with Crippen LogP contribution in [0.4, 0.5) is 0 Å². The van der Waals surface area contributed by atoms with Gasteiger partial charge in [0.2, 0.25) is 5.95 Å². The lowest BCUT2D eigenvalue weighted by atomic mass is 9.95. The molecular formula is C90H66BN9P. The topological polar surface area (TPSA) is 100 Å². The van der Waals surface area contributed by atoms with Gasteiger partial charge in [0, 0.05) is 83.7 Å². The highest BCUT2D eigenvalue weighted by Gasteiger charge is 2.24. The second-order valence-corrected chi connectivity index (χ2v) is 25.4. The number of nitrogens with zero attached hydrogens (tertiary/aromatic N) is 9. The second kappa shape index (κ2) is 28.1. The molecule has 0 spiro atoms. The molecule has 101 heavy (non-hydrogen) atoms. The van der Waals surface area contributed by atoms with E-state index < -0.39 is 0 Å². The summed E-state index contributed by atoms with van der Waals surface area (Å²) in [6.45, 7) is 7.99. The first kappa shape index (κ1) is 63.1. The van der Waals surface area contributed by atoms with Crippen LogP contribution in [0, 0.1) is 13.8 Å². The van der Waals surface area contributed by atoms with Crippen molar-refractivity contribution >= 4 is 103 Å². The molecule has 0 saturated carbocycles. The van der Waals surface area contributed by atoms with Crippen molar-refractivity contribution in [3.05, 3.63) is 345 Å². The minimum atomic E-state index is 0.585. The molecule has 7 heterocycles. The molecule has 0 amide bonds. The van der Waals surface area contributed by atoms with Crippen molar-refractivity contribution < 1.29 is 0 Å². The largest absolute Gasteiger partial charge is 0.307 e. The van der Waals surface area contributed by atoms with Crippen LogP contribution in [-0.2, 0) is 0 Å². The highest BCUT2D eigenvalue weighted by atomic mass is 31.0. The lowest BCUT2D eigenvalue weighted by molar-refractivity contribution is 0.953. The number of pyridine rings is 4. The summed E-state index contributed by atoms with van der Waals surface area (Å²) in [5.41, 5.74) is 22.8. The number of hydrogen-bond acceptors (Lipinski definition) is 7. The molecular weight excluding hydrogens is 1250 g/mol. The molecule has 0 aliphatic rings. The maximum Gasteiger partial charge on any atom is 0.238 e. The van der Waals surface area contributed by atoms with Gasteiger partial charge in [-0.15, -0.1) is 0 Å². The van der Waals surface area contributed by atoms with Gasteiger partial charge in [0.1, 0.15) is 7.00 Å². The van der Waals surface area contributed by atoms with Crippen molar-refractivity contribution in [2.24, 2.45) is 0 Å². The first-order chi connectivity index (χ1) is 49.9. The molecule has 0 aliphatic heterocycles. The van der Waals surface area contributed by atoms with Gasteiger partial charge in [-0.25, -0.2) is 4.98 Å².